The lowest BCUT2D eigenvalue weighted by Gasteiger charge is -2.42. The van der Waals surface area contributed by atoms with E-state index in [2.05, 4.69) is 0 Å². The molecule has 2 aliphatic rings. The van der Waals surface area contributed by atoms with Crippen molar-refractivity contribution in [3.8, 4) is 0 Å². The summed E-state index contributed by atoms with van der Waals surface area (Å²) < 4.78 is 30.1. The van der Waals surface area contributed by atoms with Gasteiger partial charge in [0.1, 0.15) is 5.78 Å². The van der Waals surface area contributed by atoms with Crippen LogP contribution < -0.4 is 0 Å². The molecule has 1 aliphatic carbocycles. The normalized spacial score (nSPS) is 28.4. The van der Waals surface area contributed by atoms with Gasteiger partial charge in [0.25, 0.3) is 10.1 Å². The van der Waals surface area contributed by atoms with E-state index < -0.39 is 20.4 Å². The van der Waals surface area contributed by atoms with E-state index >= 15 is 0 Å². The molecule has 0 amide bonds. The van der Waals surface area contributed by atoms with Crippen LogP contribution in [0.1, 0.15) is 58.3 Å². The molecule has 0 radical (unpaired) electrons. The van der Waals surface area contributed by atoms with Gasteiger partial charge >= 0.3 is 0 Å². The van der Waals surface area contributed by atoms with E-state index in [0.29, 0.717) is 12.8 Å². The molecule has 6 heteroatoms. The van der Waals surface area contributed by atoms with Crippen molar-refractivity contribution in [1.82, 2.24) is 0 Å². The van der Waals surface area contributed by atoms with Gasteiger partial charge in [0.05, 0.1) is 11.0 Å². The molecule has 1 atom stereocenters. The Kier molecular flexibility index (Phi) is 5.54. The summed E-state index contributed by atoms with van der Waals surface area (Å²) in [6, 6.07) is 0. The second kappa shape index (κ2) is 6.79. The summed E-state index contributed by atoms with van der Waals surface area (Å²) in [6.07, 6.45) is 6.90. The van der Waals surface area contributed by atoms with E-state index in [1.807, 2.05) is 6.92 Å². The maximum atomic E-state index is 12.2. The summed E-state index contributed by atoms with van der Waals surface area (Å²) >= 11 is 0. The second-order valence-corrected chi connectivity index (χ2v) is 11.1. The van der Waals surface area contributed by atoms with Crippen LogP contribution in [0.25, 0.3) is 0 Å². The van der Waals surface area contributed by atoms with Crippen molar-refractivity contribution in [2.75, 3.05) is 17.3 Å². The Morgan fingerprint density at radius 2 is 1.90 bits per heavy atom. The molecule has 1 aliphatic heterocycles. The van der Waals surface area contributed by atoms with Crippen LogP contribution in [0.15, 0.2) is 0 Å². The molecule has 1 unspecified atom stereocenters. The first-order valence-electron chi connectivity index (χ1n) is 7.73. The monoisotopic (exact) mass is 322 g/mol. The zero-order valence-corrected chi connectivity index (χ0v) is 13.9. The highest BCUT2D eigenvalue weighted by molar-refractivity contribution is 8.34. The first kappa shape index (κ1) is 16.3. The molecule has 1 saturated heterocycles. The van der Waals surface area contributed by atoms with Gasteiger partial charge in [-0.2, -0.15) is 8.42 Å². The van der Waals surface area contributed by atoms with Crippen molar-refractivity contribution in [3.05, 3.63) is 0 Å². The molecule has 2 fully saturated rings. The van der Waals surface area contributed by atoms with Crippen molar-refractivity contribution in [2.24, 2.45) is 0 Å². The van der Waals surface area contributed by atoms with Gasteiger partial charge < -0.3 is 0 Å². The molecule has 20 heavy (non-hydrogen) atoms. The van der Waals surface area contributed by atoms with Crippen LogP contribution >= 0.6 is 10.3 Å². The highest BCUT2D eigenvalue weighted by Crippen LogP contribution is 2.62. The van der Waals surface area contributed by atoms with Crippen molar-refractivity contribution in [1.29, 1.82) is 0 Å². The van der Waals surface area contributed by atoms with E-state index in [-0.39, 0.29) is 16.8 Å². The van der Waals surface area contributed by atoms with E-state index in [0.717, 1.165) is 50.0 Å². The summed E-state index contributed by atoms with van der Waals surface area (Å²) in [4.78, 5) is 12.2. The summed E-state index contributed by atoms with van der Waals surface area (Å²) in [5.41, 5.74) is 0. The molecule has 1 saturated carbocycles. The third-order valence-electron chi connectivity index (χ3n) is 4.23. The molecular formula is C14H26O4S2. The van der Waals surface area contributed by atoms with Crippen LogP contribution in [0.3, 0.4) is 0 Å². The quantitative estimate of drug-likeness (QED) is 0.753. The molecule has 0 bridgehead atoms. The van der Waals surface area contributed by atoms with E-state index in [9.17, 15) is 13.2 Å². The molecule has 118 valence electrons. The molecule has 2 rings (SSSR count). The largest absolute Gasteiger partial charge is 0.298 e. The van der Waals surface area contributed by atoms with Gasteiger partial charge in [-0.3, -0.25) is 4.79 Å². The Morgan fingerprint density at radius 3 is 2.50 bits per heavy atom. The predicted molar refractivity (Wildman–Crippen MR) is 83.6 cm³/mol. The molecule has 0 spiro atoms. The van der Waals surface area contributed by atoms with Crippen LogP contribution in [-0.4, -0.2) is 36.7 Å². The van der Waals surface area contributed by atoms with Crippen LogP contribution in [0.2, 0.25) is 0 Å². The first-order valence-corrected chi connectivity index (χ1v) is 11.3. The number of carbonyl (C=O) groups excluding carboxylic acids is 1. The Labute approximate surface area is 124 Å². The van der Waals surface area contributed by atoms with Crippen molar-refractivity contribution in [2.45, 2.75) is 63.5 Å². The fraction of sp³-hybridized carbons (Fsp3) is 0.929. The average molecular weight is 322 g/mol. The summed E-state index contributed by atoms with van der Waals surface area (Å²) in [5, 5.41) is -0.116. The SMILES string of the molecule is CCCCS(=O)(=O)OS1(C2CCCCC2=O)CCCC1. The first-order chi connectivity index (χ1) is 9.49. The van der Waals surface area contributed by atoms with Gasteiger partial charge in [-0.1, -0.05) is 19.8 Å². The molecule has 4 nitrogen and oxygen atoms in total. The lowest BCUT2D eigenvalue weighted by molar-refractivity contribution is -0.119. The fourth-order valence-electron chi connectivity index (χ4n) is 3.16. The van der Waals surface area contributed by atoms with Gasteiger partial charge in [0, 0.05) is 17.9 Å². The van der Waals surface area contributed by atoms with Gasteiger partial charge in [0.15, 0.2) is 0 Å². The maximum Gasteiger partial charge on any atom is 0.276 e. The Balaban J connectivity index is 2.15. The predicted octanol–water partition coefficient (Wildman–Crippen LogP) is 3.16. The van der Waals surface area contributed by atoms with E-state index in [1.165, 1.54) is 0 Å². The smallest absolute Gasteiger partial charge is 0.276 e. The molecular weight excluding hydrogens is 296 g/mol. The molecule has 0 aromatic heterocycles. The minimum absolute atomic E-state index is 0.0964. The highest BCUT2D eigenvalue weighted by atomic mass is 32.3. The zero-order valence-electron chi connectivity index (χ0n) is 12.3. The van der Waals surface area contributed by atoms with Crippen LogP contribution in [-0.2, 0) is 18.5 Å². The van der Waals surface area contributed by atoms with Crippen LogP contribution in [0, 0.1) is 0 Å². The van der Waals surface area contributed by atoms with Gasteiger partial charge in [0.2, 0.25) is 0 Å². The number of Topliss-reactive ketones (excluding diaryl/α,β-unsaturated/α-hetero) is 1. The molecule has 0 N–H and O–H groups in total. The Morgan fingerprint density at radius 1 is 1.20 bits per heavy atom. The third kappa shape index (κ3) is 3.77. The van der Waals surface area contributed by atoms with Crippen molar-refractivity contribution >= 4 is 26.2 Å². The minimum atomic E-state index is -3.47. The maximum absolute atomic E-state index is 12.2. The number of hydrogen-bond donors (Lipinski definition) is 0. The number of rotatable bonds is 6. The molecule has 1 heterocycles. The number of hydrogen-bond acceptors (Lipinski definition) is 4. The Bertz CT molecular complexity index is 438. The number of carbonyl (C=O) groups is 1. The van der Waals surface area contributed by atoms with Gasteiger partial charge in [-0.05, 0) is 32.1 Å². The third-order valence-corrected chi connectivity index (χ3v) is 10.4. The van der Waals surface area contributed by atoms with Gasteiger partial charge in [-0.15, -0.1) is 10.3 Å². The standard InChI is InChI=1S/C14H26O4S2/c1-2-3-12-20(16,17)18-19(10-6-7-11-19)14-9-5-4-8-13(14)15/h14H,2-12H2,1H3. The highest BCUT2D eigenvalue weighted by Gasteiger charge is 2.44. The summed E-state index contributed by atoms with van der Waals surface area (Å²) in [6.45, 7) is 1.97. The zero-order chi connectivity index (χ0) is 14.6. The minimum Gasteiger partial charge on any atom is -0.298 e. The fourth-order valence-corrected chi connectivity index (χ4v) is 10.0. The number of ketones is 1. The summed E-state index contributed by atoms with van der Waals surface area (Å²) in [5.74, 6) is 1.95. The van der Waals surface area contributed by atoms with Crippen LogP contribution in [0.4, 0.5) is 0 Å². The van der Waals surface area contributed by atoms with E-state index in [4.69, 9.17) is 3.63 Å². The van der Waals surface area contributed by atoms with Crippen molar-refractivity contribution < 1.29 is 16.8 Å². The average Bonchev–Trinajstić information content (AvgIpc) is 2.85. The summed E-state index contributed by atoms with van der Waals surface area (Å²) in [7, 11) is -5.21. The Hall–Kier alpha value is -0.0700. The number of unbranched alkanes of at least 4 members (excludes halogenated alkanes) is 1. The second-order valence-electron chi connectivity index (χ2n) is 5.87. The van der Waals surface area contributed by atoms with Gasteiger partial charge in [-0.25, -0.2) is 3.63 Å². The lowest BCUT2D eigenvalue weighted by atomic mass is 9.99. The lowest BCUT2D eigenvalue weighted by Crippen LogP contribution is -2.34. The van der Waals surface area contributed by atoms with E-state index in [1.54, 1.807) is 0 Å². The van der Waals surface area contributed by atoms with Crippen molar-refractivity contribution in [3.63, 3.8) is 0 Å². The molecule has 0 aromatic carbocycles. The molecule has 0 aromatic rings. The topological polar surface area (TPSA) is 60.4 Å². The van der Waals surface area contributed by atoms with Crippen LogP contribution in [0.5, 0.6) is 0 Å².